The van der Waals surface area contributed by atoms with E-state index in [1.165, 1.54) is 0 Å². The molecule has 0 aliphatic rings. The van der Waals surface area contributed by atoms with Gasteiger partial charge in [0.1, 0.15) is 5.82 Å². The Balaban J connectivity index is 2.05. The molecule has 0 amide bonds. The first kappa shape index (κ1) is 13.0. The molecule has 0 fully saturated rings. The Morgan fingerprint density at radius 3 is 2.79 bits per heavy atom. The maximum atomic E-state index is 11.1. The van der Waals surface area contributed by atoms with Crippen molar-refractivity contribution in [3.8, 4) is 0 Å². The van der Waals surface area contributed by atoms with Gasteiger partial charge < -0.3 is 10.0 Å². The molecule has 0 spiro atoms. The van der Waals surface area contributed by atoms with Gasteiger partial charge in [-0.3, -0.25) is 4.98 Å². The zero-order chi connectivity index (χ0) is 13.7. The quantitative estimate of drug-likeness (QED) is 0.885. The number of anilines is 1. The van der Waals surface area contributed by atoms with Crippen molar-refractivity contribution < 1.29 is 9.90 Å². The van der Waals surface area contributed by atoms with Gasteiger partial charge in [0.25, 0.3) is 0 Å². The van der Waals surface area contributed by atoms with E-state index in [4.69, 9.17) is 5.11 Å². The van der Waals surface area contributed by atoms with Crippen LogP contribution in [0, 0.1) is 0 Å². The van der Waals surface area contributed by atoms with Crippen LogP contribution in [-0.2, 0) is 6.42 Å². The van der Waals surface area contributed by atoms with Crippen LogP contribution in [0.15, 0.2) is 42.9 Å². The molecule has 0 saturated heterocycles. The summed E-state index contributed by atoms with van der Waals surface area (Å²) in [5.74, 6) is -0.118. The smallest absolute Gasteiger partial charge is 0.335 e. The highest BCUT2D eigenvalue weighted by Gasteiger charge is 2.10. The van der Waals surface area contributed by atoms with Crippen molar-refractivity contribution in [3.63, 3.8) is 0 Å². The first-order valence-corrected chi connectivity index (χ1v) is 5.97. The number of aromatic carboxylic acids is 1. The lowest BCUT2D eigenvalue weighted by molar-refractivity contribution is 0.0695. The van der Waals surface area contributed by atoms with Gasteiger partial charge in [-0.2, -0.15) is 0 Å². The van der Waals surface area contributed by atoms with Crippen molar-refractivity contribution in [1.82, 2.24) is 9.97 Å². The zero-order valence-electron chi connectivity index (χ0n) is 10.7. The molecule has 1 aromatic carbocycles. The van der Waals surface area contributed by atoms with Gasteiger partial charge in [0.2, 0.25) is 0 Å². The molecule has 98 valence electrons. The summed E-state index contributed by atoms with van der Waals surface area (Å²) in [5.41, 5.74) is 1.18. The van der Waals surface area contributed by atoms with Crippen molar-refractivity contribution in [2.45, 2.75) is 6.42 Å². The third kappa shape index (κ3) is 3.28. The Labute approximate surface area is 111 Å². The maximum Gasteiger partial charge on any atom is 0.335 e. The molecule has 5 nitrogen and oxygen atoms in total. The third-order valence-electron chi connectivity index (χ3n) is 2.90. The zero-order valence-corrected chi connectivity index (χ0v) is 10.7. The van der Waals surface area contributed by atoms with E-state index >= 15 is 0 Å². The molecule has 1 N–H and O–H groups in total. The van der Waals surface area contributed by atoms with Gasteiger partial charge in [-0.05, 0) is 18.1 Å². The summed E-state index contributed by atoms with van der Waals surface area (Å²) in [6.07, 6.45) is 5.59. The van der Waals surface area contributed by atoms with Crippen molar-refractivity contribution in [2.75, 3.05) is 18.5 Å². The van der Waals surface area contributed by atoms with E-state index in [1.807, 2.05) is 24.1 Å². The van der Waals surface area contributed by atoms with Crippen molar-refractivity contribution in [1.29, 1.82) is 0 Å². The van der Waals surface area contributed by atoms with Crippen LogP contribution in [0.25, 0.3) is 0 Å². The number of rotatable bonds is 5. The molecule has 0 unspecified atom stereocenters. The van der Waals surface area contributed by atoms with E-state index < -0.39 is 5.97 Å². The van der Waals surface area contributed by atoms with E-state index in [0.29, 0.717) is 18.5 Å². The first-order chi connectivity index (χ1) is 9.18. The molecule has 19 heavy (non-hydrogen) atoms. The molecule has 0 aliphatic carbocycles. The molecule has 0 atom stereocenters. The number of likely N-dealkylation sites (N-methyl/N-ethyl adjacent to an activating group) is 1. The molecule has 2 aromatic rings. The van der Waals surface area contributed by atoms with E-state index in [2.05, 4.69) is 9.97 Å². The highest BCUT2D eigenvalue weighted by Crippen LogP contribution is 2.12. The number of nitrogens with zero attached hydrogens (tertiary/aromatic N) is 3. The predicted octanol–water partition coefficient (Wildman–Crippen LogP) is 1.85. The van der Waals surface area contributed by atoms with E-state index in [0.717, 1.165) is 11.4 Å². The standard InChI is InChI=1S/C14H15N3O2/c1-17(13-10-15-7-8-16-13)9-6-11-4-2-3-5-12(11)14(18)19/h2-5,7-8,10H,6,9H2,1H3,(H,18,19). The molecule has 0 aliphatic heterocycles. The Kier molecular flexibility index (Phi) is 4.07. The molecule has 0 radical (unpaired) electrons. The monoisotopic (exact) mass is 257 g/mol. The molecule has 0 bridgehead atoms. The lowest BCUT2D eigenvalue weighted by atomic mass is 10.0. The molecular weight excluding hydrogens is 242 g/mol. The topological polar surface area (TPSA) is 66.3 Å². The molecular formula is C14H15N3O2. The van der Waals surface area contributed by atoms with Gasteiger partial charge in [-0.1, -0.05) is 18.2 Å². The van der Waals surface area contributed by atoms with Gasteiger partial charge in [-0.25, -0.2) is 9.78 Å². The SMILES string of the molecule is CN(CCc1ccccc1C(=O)O)c1cnccn1. The summed E-state index contributed by atoms with van der Waals surface area (Å²) in [5, 5.41) is 9.11. The summed E-state index contributed by atoms with van der Waals surface area (Å²) in [6, 6.07) is 7.05. The van der Waals surface area contributed by atoms with Crippen molar-refractivity contribution >= 4 is 11.8 Å². The number of carbonyl (C=O) groups is 1. The number of carboxylic acid groups (broad SMARTS) is 1. The van der Waals surface area contributed by atoms with Gasteiger partial charge in [0.05, 0.1) is 11.8 Å². The van der Waals surface area contributed by atoms with Gasteiger partial charge in [0, 0.05) is 26.0 Å². The lowest BCUT2D eigenvalue weighted by Crippen LogP contribution is -2.22. The summed E-state index contributed by atoms with van der Waals surface area (Å²) in [6.45, 7) is 0.684. The predicted molar refractivity (Wildman–Crippen MR) is 72.4 cm³/mol. The van der Waals surface area contributed by atoms with Crippen LogP contribution in [0.1, 0.15) is 15.9 Å². The van der Waals surface area contributed by atoms with E-state index in [-0.39, 0.29) is 0 Å². The van der Waals surface area contributed by atoms with Gasteiger partial charge in [0.15, 0.2) is 0 Å². The highest BCUT2D eigenvalue weighted by molar-refractivity contribution is 5.89. The Morgan fingerprint density at radius 1 is 1.32 bits per heavy atom. The first-order valence-electron chi connectivity index (χ1n) is 5.97. The number of hydrogen-bond donors (Lipinski definition) is 1. The molecule has 5 heteroatoms. The minimum absolute atomic E-state index is 0.357. The summed E-state index contributed by atoms with van der Waals surface area (Å²) in [4.78, 5) is 21.3. The number of aromatic nitrogens is 2. The fraction of sp³-hybridized carbons (Fsp3) is 0.214. The van der Waals surface area contributed by atoms with Crippen LogP contribution in [0.5, 0.6) is 0 Å². The highest BCUT2D eigenvalue weighted by atomic mass is 16.4. The van der Waals surface area contributed by atoms with Crippen molar-refractivity contribution in [2.24, 2.45) is 0 Å². The number of benzene rings is 1. The molecule has 1 aromatic heterocycles. The lowest BCUT2D eigenvalue weighted by Gasteiger charge is -2.17. The average molecular weight is 257 g/mol. The van der Waals surface area contributed by atoms with E-state index in [9.17, 15) is 4.79 Å². The van der Waals surface area contributed by atoms with Gasteiger partial charge in [-0.15, -0.1) is 0 Å². The second-order valence-corrected chi connectivity index (χ2v) is 4.20. The van der Waals surface area contributed by atoms with Crippen molar-refractivity contribution in [3.05, 3.63) is 54.0 Å². The Hall–Kier alpha value is -2.43. The minimum atomic E-state index is -0.891. The fourth-order valence-electron chi connectivity index (χ4n) is 1.84. The molecule has 2 rings (SSSR count). The summed E-state index contributed by atoms with van der Waals surface area (Å²) < 4.78 is 0. The second kappa shape index (κ2) is 5.95. The average Bonchev–Trinajstić information content (AvgIpc) is 2.46. The number of hydrogen-bond acceptors (Lipinski definition) is 4. The fourth-order valence-corrected chi connectivity index (χ4v) is 1.84. The normalized spacial score (nSPS) is 10.2. The largest absolute Gasteiger partial charge is 0.478 e. The second-order valence-electron chi connectivity index (χ2n) is 4.20. The molecule has 0 saturated carbocycles. The Morgan fingerprint density at radius 2 is 2.11 bits per heavy atom. The van der Waals surface area contributed by atoms with Gasteiger partial charge >= 0.3 is 5.97 Å². The van der Waals surface area contributed by atoms with Crippen LogP contribution in [0.4, 0.5) is 5.82 Å². The molecule has 1 heterocycles. The van der Waals surface area contributed by atoms with Crippen LogP contribution in [0.3, 0.4) is 0 Å². The number of carboxylic acids is 1. The van der Waals surface area contributed by atoms with Crippen LogP contribution in [-0.4, -0.2) is 34.6 Å². The minimum Gasteiger partial charge on any atom is -0.478 e. The van der Waals surface area contributed by atoms with E-state index in [1.54, 1.807) is 30.7 Å². The maximum absolute atomic E-state index is 11.1. The summed E-state index contributed by atoms with van der Waals surface area (Å²) in [7, 11) is 1.91. The third-order valence-corrected chi connectivity index (χ3v) is 2.90. The van der Waals surface area contributed by atoms with Crippen LogP contribution >= 0.6 is 0 Å². The van der Waals surface area contributed by atoms with Crippen LogP contribution in [0.2, 0.25) is 0 Å². The van der Waals surface area contributed by atoms with Crippen LogP contribution < -0.4 is 4.90 Å². The Bertz CT molecular complexity index is 558. The summed E-state index contributed by atoms with van der Waals surface area (Å²) >= 11 is 0.